The van der Waals surface area contributed by atoms with Crippen molar-refractivity contribution < 1.29 is 9.72 Å². The second-order valence-electron chi connectivity index (χ2n) is 3.61. The van der Waals surface area contributed by atoms with Gasteiger partial charge in [0.1, 0.15) is 5.56 Å². The summed E-state index contributed by atoms with van der Waals surface area (Å²) in [6.45, 7) is 0. The zero-order valence-corrected chi connectivity index (χ0v) is 11.5. The lowest BCUT2D eigenvalue weighted by Gasteiger charge is -2.05. The van der Waals surface area contributed by atoms with Gasteiger partial charge in [-0.2, -0.15) is 0 Å². The van der Waals surface area contributed by atoms with Crippen LogP contribution in [0.3, 0.4) is 0 Å². The molecule has 1 amide bonds. The van der Waals surface area contributed by atoms with Crippen LogP contribution < -0.4 is 5.32 Å². The molecule has 2 aromatic rings. The van der Waals surface area contributed by atoms with Gasteiger partial charge >= 0.3 is 0 Å². The van der Waals surface area contributed by atoms with E-state index in [0.717, 1.165) is 6.07 Å². The highest BCUT2D eigenvalue weighted by Gasteiger charge is 2.20. The molecule has 0 spiro atoms. The summed E-state index contributed by atoms with van der Waals surface area (Å²) in [5.74, 6) is -0.587. The van der Waals surface area contributed by atoms with Crippen LogP contribution in [-0.4, -0.2) is 15.8 Å². The van der Waals surface area contributed by atoms with Crippen LogP contribution in [-0.2, 0) is 0 Å². The van der Waals surface area contributed by atoms with E-state index in [-0.39, 0.29) is 28.7 Å². The molecule has 0 radical (unpaired) electrons. The van der Waals surface area contributed by atoms with Crippen molar-refractivity contribution in [3.63, 3.8) is 0 Å². The molecule has 6 nitrogen and oxygen atoms in total. The van der Waals surface area contributed by atoms with Crippen molar-refractivity contribution in [3.05, 3.63) is 63.4 Å². The molecule has 0 fully saturated rings. The zero-order chi connectivity index (χ0) is 13.8. The van der Waals surface area contributed by atoms with E-state index in [9.17, 15) is 14.9 Å². The maximum absolute atomic E-state index is 12.0. The molecule has 0 saturated heterocycles. The van der Waals surface area contributed by atoms with E-state index in [2.05, 4.69) is 10.3 Å². The number of nitro benzene ring substituents is 1. The molecule has 8 heteroatoms. The van der Waals surface area contributed by atoms with Gasteiger partial charge in [0.05, 0.1) is 16.8 Å². The summed E-state index contributed by atoms with van der Waals surface area (Å²) in [4.78, 5) is 26.0. The summed E-state index contributed by atoms with van der Waals surface area (Å²) < 4.78 is 0. The minimum Gasteiger partial charge on any atom is -0.320 e. The van der Waals surface area contributed by atoms with Crippen molar-refractivity contribution in [2.45, 2.75) is 0 Å². The number of aromatic nitrogens is 1. The first kappa shape index (κ1) is 15.9. The largest absolute Gasteiger partial charge is 0.320 e. The first-order valence-electron chi connectivity index (χ1n) is 5.23. The Bertz CT molecular complexity index is 635. The molecule has 1 aromatic carbocycles. The molecule has 0 bridgehead atoms. The number of nitrogens with zero attached hydrogens (tertiary/aromatic N) is 2. The van der Waals surface area contributed by atoms with Crippen LogP contribution in [0.4, 0.5) is 11.4 Å². The number of pyridine rings is 1. The summed E-state index contributed by atoms with van der Waals surface area (Å²) >= 11 is 5.68. The predicted octanol–water partition coefficient (Wildman–Crippen LogP) is 3.32. The Balaban J connectivity index is 0.00000200. The fourth-order valence-corrected chi connectivity index (χ4v) is 1.65. The third kappa shape index (κ3) is 3.66. The summed E-state index contributed by atoms with van der Waals surface area (Å²) in [5.41, 5.74) is 0.0592. The average Bonchev–Trinajstić information content (AvgIpc) is 2.39. The van der Waals surface area contributed by atoms with Gasteiger partial charge in [0, 0.05) is 17.3 Å². The molecular formula is C12H9Cl2N3O3. The van der Waals surface area contributed by atoms with Crippen molar-refractivity contribution >= 4 is 41.3 Å². The molecule has 0 unspecified atom stereocenters. The number of hydrogen-bond donors (Lipinski definition) is 1. The third-order valence-corrected chi connectivity index (χ3v) is 2.56. The lowest BCUT2D eigenvalue weighted by molar-refractivity contribution is -0.385. The minimum atomic E-state index is -0.649. The van der Waals surface area contributed by atoms with Crippen LogP contribution in [0.2, 0.25) is 5.02 Å². The van der Waals surface area contributed by atoms with Gasteiger partial charge < -0.3 is 5.32 Å². The Labute approximate surface area is 125 Å². The normalized spacial score (nSPS) is 9.45. The summed E-state index contributed by atoms with van der Waals surface area (Å²) in [6.07, 6.45) is 3.00. The number of nitrogens with one attached hydrogen (secondary N) is 1. The van der Waals surface area contributed by atoms with Gasteiger partial charge in [-0.1, -0.05) is 11.6 Å². The topological polar surface area (TPSA) is 85.1 Å². The Hall–Kier alpha value is -2.18. The fourth-order valence-electron chi connectivity index (χ4n) is 1.48. The van der Waals surface area contributed by atoms with Crippen molar-refractivity contribution in [2.24, 2.45) is 0 Å². The Morgan fingerprint density at radius 1 is 1.35 bits per heavy atom. The van der Waals surface area contributed by atoms with E-state index in [4.69, 9.17) is 11.6 Å². The number of benzene rings is 1. The molecule has 2 rings (SSSR count). The molecule has 1 aromatic heterocycles. The smallest absolute Gasteiger partial charge is 0.283 e. The van der Waals surface area contributed by atoms with Crippen LogP contribution >= 0.6 is 24.0 Å². The van der Waals surface area contributed by atoms with Gasteiger partial charge in [0.15, 0.2) is 0 Å². The number of amides is 1. The highest BCUT2D eigenvalue weighted by atomic mass is 35.5. The SMILES string of the molecule is Cl.O=C(Nc1cccnc1)c1ccc(Cl)cc1[N+](=O)[O-]. The van der Waals surface area contributed by atoms with E-state index in [1.807, 2.05) is 0 Å². The van der Waals surface area contributed by atoms with Crippen LogP contribution in [0.1, 0.15) is 10.4 Å². The maximum Gasteiger partial charge on any atom is 0.283 e. The van der Waals surface area contributed by atoms with Crippen LogP contribution in [0.15, 0.2) is 42.7 Å². The average molecular weight is 314 g/mol. The van der Waals surface area contributed by atoms with E-state index in [1.165, 1.54) is 18.3 Å². The number of rotatable bonds is 3. The Morgan fingerprint density at radius 2 is 2.10 bits per heavy atom. The second kappa shape index (κ2) is 6.83. The number of hydrogen-bond acceptors (Lipinski definition) is 4. The summed E-state index contributed by atoms with van der Waals surface area (Å²) in [7, 11) is 0. The second-order valence-corrected chi connectivity index (χ2v) is 4.05. The highest BCUT2D eigenvalue weighted by Crippen LogP contribution is 2.24. The third-order valence-electron chi connectivity index (χ3n) is 2.32. The fraction of sp³-hybridized carbons (Fsp3) is 0. The van der Waals surface area contributed by atoms with Crippen molar-refractivity contribution in [1.82, 2.24) is 4.98 Å². The number of halogens is 2. The lowest BCUT2D eigenvalue weighted by atomic mass is 10.1. The summed E-state index contributed by atoms with van der Waals surface area (Å²) in [6, 6.07) is 7.15. The van der Waals surface area contributed by atoms with Crippen molar-refractivity contribution in [2.75, 3.05) is 5.32 Å². The molecule has 0 saturated carbocycles. The quantitative estimate of drug-likeness (QED) is 0.695. The van der Waals surface area contributed by atoms with Crippen LogP contribution in [0.25, 0.3) is 0 Å². The van der Waals surface area contributed by atoms with Gasteiger partial charge in [0.2, 0.25) is 0 Å². The molecule has 1 heterocycles. The molecule has 0 atom stereocenters. The number of carbonyl (C=O) groups is 1. The van der Waals surface area contributed by atoms with Crippen molar-refractivity contribution in [1.29, 1.82) is 0 Å². The zero-order valence-electron chi connectivity index (χ0n) is 9.95. The lowest BCUT2D eigenvalue weighted by Crippen LogP contribution is -2.14. The standard InChI is InChI=1S/C12H8ClN3O3.ClH/c13-8-3-4-10(11(6-8)16(18)19)12(17)15-9-2-1-5-14-7-9;/h1-7H,(H,15,17);1H. The maximum atomic E-state index is 12.0. The molecule has 1 N–H and O–H groups in total. The van der Waals surface area contributed by atoms with Gasteiger partial charge in [0.25, 0.3) is 11.6 Å². The number of anilines is 1. The predicted molar refractivity (Wildman–Crippen MR) is 77.5 cm³/mol. The van der Waals surface area contributed by atoms with Gasteiger partial charge in [-0.25, -0.2) is 0 Å². The Kier molecular flexibility index (Phi) is 5.42. The molecule has 20 heavy (non-hydrogen) atoms. The first-order chi connectivity index (χ1) is 9.08. The molecular weight excluding hydrogens is 305 g/mol. The molecule has 0 aliphatic heterocycles. The van der Waals surface area contributed by atoms with E-state index >= 15 is 0 Å². The molecule has 104 valence electrons. The van der Waals surface area contributed by atoms with Gasteiger partial charge in [-0.3, -0.25) is 19.9 Å². The van der Waals surface area contributed by atoms with E-state index < -0.39 is 10.8 Å². The molecule has 0 aliphatic carbocycles. The number of nitro groups is 1. The minimum absolute atomic E-state index is 0. The number of carbonyl (C=O) groups excluding carboxylic acids is 1. The summed E-state index contributed by atoms with van der Waals surface area (Å²) in [5, 5.41) is 13.6. The Morgan fingerprint density at radius 3 is 2.70 bits per heavy atom. The monoisotopic (exact) mass is 313 g/mol. The highest BCUT2D eigenvalue weighted by molar-refractivity contribution is 6.31. The van der Waals surface area contributed by atoms with Gasteiger partial charge in [-0.15, -0.1) is 12.4 Å². The van der Waals surface area contributed by atoms with Crippen LogP contribution in [0, 0.1) is 10.1 Å². The van der Waals surface area contributed by atoms with Crippen LogP contribution in [0.5, 0.6) is 0 Å². The first-order valence-corrected chi connectivity index (χ1v) is 5.61. The van der Waals surface area contributed by atoms with Gasteiger partial charge in [-0.05, 0) is 24.3 Å². The molecule has 0 aliphatic rings. The van der Waals surface area contributed by atoms with E-state index in [0.29, 0.717) is 5.69 Å². The van der Waals surface area contributed by atoms with Crippen molar-refractivity contribution in [3.8, 4) is 0 Å². The van der Waals surface area contributed by atoms with E-state index in [1.54, 1.807) is 18.3 Å².